The van der Waals surface area contributed by atoms with Gasteiger partial charge < -0.3 is 15.2 Å². The van der Waals surface area contributed by atoms with Gasteiger partial charge in [0.1, 0.15) is 0 Å². The van der Waals surface area contributed by atoms with Crippen molar-refractivity contribution in [1.29, 1.82) is 0 Å². The minimum absolute atomic E-state index is 0.107. The van der Waals surface area contributed by atoms with E-state index in [9.17, 15) is 14.7 Å². The van der Waals surface area contributed by atoms with Crippen LogP contribution < -0.4 is 5.32 Å². The van der Waals surface area contributed by atoms with Crippen molar-refractivity contribution in [3.05, 3.63) is 48.0 Å². The van der Waals surface area contributed by atoms with Gasteiger partial charge in [-0.2, -0.15) is 0 Å². The monoisotopic (exact) mass is 341 g/mol. The van der Waals surface area contributed by atoms with Gasteiger partial charge in [-0.15, -0.1) is 0 Å². The van der Waals surface area contributed by atoms with Crippen LogP contribution in [0.2, 0.25) is 0 Å². The molecule has 1 aliphatic rings. The maximum absolute atomic E-state index is 12.2. The van der Waals surface area contributed by atoms with Crippen LogP contribution >= 0.6 is 0 Å². The largest absolute Gasteiger partial charge is 0.481 e. The maximum atomic E-state index is 12.2. The summed E-state index contributed by atoms with van der Waals surface area (Å²) in [6.45, 7) is 1.26. The lowest BCUT2D eigenvalue weighted by Crippen LogP contribution is -2.40. The Kier molecular flexibility index (Phi) is 5.66. The number of hydrogen-bond donors (Lipinski definition) is 2. The van der Waals surface area contributed by atoms with Gasteiger partial charge in [0, 0.05) is 13.2 Å². The third-order valence-corrected chi connectivity index (χ3v) is 4.70. The van der Waals surface area contributed by atoms with E-state index >= 15 is 0 Å². The first-order valence-corrected chi connectivity index (χ1v) is 8.69. The highest BCUT2D eigenvalue weighted by Crippen LogP contribution is 2.18. The van der Waals surface area contributed by atoms with E-state index in [1.807, 2.05) is 42.5 Å². The van der Waals surface area contributed by atoms with Gasteiger partial charge in [-0.05, 0) is 35.6 Å². The minimum Gasteiger partial charge on any atom is -0.481 e. The third-order valence-electron chi connectivity index (χ3n) is 4.70. The molecule has 0 aliphatic carbocycles. The topological polar surface area (TPSA) is 75.6 Å². The van der Waals surface area contributed by atoms with Crippen molar-refractivity contribution in [3.8, 4) is 0 Å². The fraction of sp³-hybridized carbons (Fsp3) is 0.400. The van der Waals surface area contributed by atoms with Crippen LogP contribution in [0, 0.1) is 11.8 Å². The Morgan fingerprint density at radius 3 is 2.72 bits per heavy atom. The Labute approximate surface area is 147 Å². The first-order valence-electron chi connectivity index (χ1n) is 8.69. The summed E-state index contributed by atoms with van der Waals surface area (Å²) in [4.78, 5) is 23.7. The lowest BCUT2D eigenvalue weighted by Gasteiger charge is -2.22. The molecule has 5 heteroatoms. The molecule has 0 bridgehead atoms. The Morgan fingerprint density at radius 1 is 1.20 bits per heavy atom. The number of rotatable bonds is 6. The van der Waals surface area contributed by atoms with Crippen molar-refractivity contribution in [2.24, 2.45) is 11.8 Å². The standard InChI is InChI=1S/C20H23NO4/c22-19(17-6-3-9-25-13-17)21-12-18(20(23)24)11-14-7-8-15-4-1-2-5-16(15)10-14/h1-2,4-5,7-8,10,17-18H,3,6,9,11-13H2,(H,21,22)(H,23,24). The number of ether oxygens (including phenoxy) is 1. The van der Waals surface area contributed by atoms with E-state index in [-0.39, 0.29) is 18.4 Å². The molecule has 1 saturated heterocycles. The molecule has 1 aliphatic heterocycles. The van der Waals surface area contributed by atoms with Gasteiger partial charge in [-0.25, -0.2) is 0 Å². The van der Waals surface area contributed by atoms with Crippen molar-refractivity contribution in [2.75, 3.05) is 19.8 Å². The summed E-state index contributed by atoms with van der Waals surface area (Å²) >= 11 is 0. The van der Waals surface area contributed by atoms with Crippen molar-refractivity contribution in [3.63, 3.8) is 0 Å². The fourth-order valence-corrected chi connectivity index (χ4v) is 3.21. The number of carboxylic acids is 1. The molecule has 2 N–H and O–H groups in total. The number of carbonyl (C=O) groups excluding carboxylic acids is 1. The van der Waals surface area contributed by atoms with Gasteiger partial charge in [0.15, 0.2) is 0 Å². The highest BCUT2D eigenvalue weighted by atomic mass is 16.5. The second kappa shape index (κ2) is 8.12. The summed E-state index contributed by atoms with van der Waals surface area (Å²) in [6, 6.07) is 14.0. The molecule has 0 radical (unpaired) electrons. The molecule has 1 amide bonds. The molecule has 25 heavy (non-hydrogen) atoms. The molecule has 1 fully saturated rings. The Hall–Kier alpha value is -2.40. The first-order chi connectivity index (χ1) is 12.1. The minimum atomic E-state index is -0.895. The molecular formula is C20H23NO4. The lowest BCUT2D eigenvalue weighted by atomic mass is 9.96. The number of benzene rings is 2. The first kappa shape index (κ1) is 17.4. The zero-order chi connectivity index (χ0) is 17.6. The molecule has 0 aromatic heterocycles. The van der Waals surface area contributed by atoms with E-state index in [4.69, 9.17) is 4.74 Å². The quantitative estimate of drug-likeness (QED) is 0.847. The zero-order valence-electron chi connectivity index (χ0n) is 14.1. The van der Waals surface area contributed by atoms with Gasteiger partial charge in [0.05, 0.1) is 18.4 Å². The van der Waals surface area contributed by atoms with Crippen LogP contribution in [0.4, 0.5) is 0 Å². The highest BCUT2D eigenvalue weighted by Gasteiger charge is 2.24. The summed E-state index contributed by atoms with van der Waals surface area (Å²) in [5.74, 6) is -1.81. The predicted octanol–water partition coefficient (Wildman–Crippen LogP) is 2.63. The lowest BCUT2D eigenvalue weighted by molar-refractivity contribution is -0.141. The smallest absolute Gasteiger partial charge is 0.308 e. The molecule has 0 saturated carbocycles. The van der Waals surface area contributed by atoms with E-state index in [1.54, 1.807) is 0 Å². The molecule has 0 spiro atoms. The van der Waals surface area contributed by atoms with Crippen molar-refractivity contribution in [2.45, 2.75) is 19.3 Å². The second-order valence-corrected chi connectivity index (χ2v) is 6.58. The van der Waals surface area contributed by atoms with Gasteiger partial charge in [0.2, 0.25) is 5.91 Å². The van der Waals surface area contributed by atoms with Gasteiger partial charge in [-0.1, -0.05) is 42.5 Å². The van der Waals surface area contributed by atoms with Gasteiger partial charge in [-0.3, -0.25) is 9.59 Å². The summed E-state index contributed by atoms with van der Waals surface area (Å²) in [6.07, 6.45) is 2.06. The molecule has 2 unspecified atom stereocenters. The molecule has 2 aromatic rings. The van der Waals surface area contributed by atoms with Crippen LogP contribution in [0.1, 0.15) is 18.4 Å². The molecule has 5 nitrogen and oxygen atoms in total. The number of fused-ring (bicyclic) bond motifs is 1. The van der Waals surface area contributed by atoms with E-state index < -0.39 is 11.9 Å². The number of amides is 1. The number of hydrogen-bond acceptors (Lipinski definition) is 3. The molecule has 132 valence electrons. The van der Waals surface area contributed by atoms with Gasteiger partial charge >= 0.3 is 5.97 Å². The number of carbonyl (C=O) groups is 2. The molecule has 1 heterocycles. The van der Waals surface area contributed by atoms with E-state index in [1.165, 1.54) is 0 Å². The molecule has 2 aromatic carbocycles. The van der Waals surface area contributed by atoms with E-state index in [0.717, 1.165) is 29.2 Å². The average molecular weight is 341 g/mol. The Morgan fingerprint density at radius 2 is 2.00 bits per heavy atom. The highest BCUT2D eigenvalue weighted by molar-refractivity contribution is 5.83. The van der Waals surface area contributed by atoms with Crippen LogP contribution in [-0.4, -0.2) is 36.7 Å². The Bertz CT molecular complexity index is 752. The zero-order valence-corrected chi connectivity index (χ0v) is 14.1. The molecule has 3 rings (SSSR count). The Balaban J connectivity index is 1.62. The SMILES string of the molecule is O=C(O)C(CNC(=O)C1CCCOC1)Cc1ccc2ccccc2c1. The van der Waals surface area contributed by atoms with Crippen LogP contribution in [0.5, 0.6) is 0 Å². The number of carboxylic acid groups (broad SMARTS) is 1. The fourth-order valence-electron chi connectivity index (χ4n) is 3.21. The third kappa shape index (κ3) is 4.57. The summed E-state index contributed by atoms with van der Waals surface area (Å²) < 4.78 is 5.32. The van der Waals surface area contributed by atoms with Crippen LogP contribution in [0.15, 0.2) is 42.5 Å². The van der Waals surface area contributed by atoms with Crippen LogP contribution in [0.25, 0.3) is 10.8 Å². The summed E-state index contributed by atoms with van der Waals surface area (Å²) in [7, 11) is 0. The average Bonchev–Trinajstić information content (AvgIpc) is 2.65. The summed E-state index contributed by atoms with van der Waals surface area (Å²) in [5.41, 5.74) is 0.960. The number of nitrogens with one attached hydrogen (secondary N) is 1. The second-order valence-electron chi connectivity index (χ2n) is 6.58. The van der Waals surface area contributed by atoms with Crippen LogP contribution in [0.3, 0.4) is 0 Å². The predicted molar refractivity (Wildman–Crippen MR) is 95.3 cm³/mol. The molecular weight excluding hydrogens is 318 g/mol. The number of aliphatic carboxylic acids is 1. The summed E-state index contributed by atoms with van der Waals surface area (Å²) in [5, 5.41) is 14.5. The maximum Gasteiger partial charge on any atom is 0.308 e. The van der Waals surface area contributed by atoms with Crippen LogP contribution in [-0.2, 0) is 20.7 Å². The normalized spacial score (nSPS) is 18.6. The van der Waals surface area contributed by atoms with Crippen molar-refractivity contribution < 1.29 is 19.4 Å². The van der Waals surface area contributed by atoms with Crippen molar-refractivity contribution >= 4 is 22.6 Å². The van der Waals surface area contributed by atoms with E-state index in [2.05, 4.69) is 5.32 Å². The molecule has 2 atom stereocenters. The van der Waals surface area contributed by atoms with E-state index in [0.29, 0.717) is 19.6 Å². The van der Waals surface area contributed by atoms with Gasteiger partial charge in [0.25, 0.3) is 0 Å². The van der Waals surface area contributed by atoms with Crippen molar-refractivity contribution in [1.82, 2.24) is 5.32 Å².